The second kappa shape index (κ2) is 9.97. The fourth-order valence-electron chi connectivity index (χ4n) is 5.00. The van der Waals surface area contributed by atoms with Crippen LogP contribution in [0, 0.1) is 24.5 Å². The van der Waals surface area contributed by atoms with E-state index in [-0.39, 0.29) is 28.5 Å². The molecule has 9 heteroatoms. The molecule has 1 aliphatic carbocycles. The van der Waals surface area contributed by atoms with Gasteiger partial charge in [-0.3, -0.25) is 0 Å². The van der Waals surface area contributed by atoms with E-state index in [0.717, 1.165) is 30.6 Å². The maximum Gasteiger partial charge on any atom is 0.318 e. The molecule has 7 nitrogen and oxygen atoms in total. The Hall–Kier alpha value is -2.94. The maximum atomic E-state index is 14.5. The molecule has 0 spiro atoms. The molecule has 0 unspecified atom stereocenters. The Kier molecular flexibility index (Phi) is 7.17. The van der Waals surface area contributed by atoms with E-state index >= 15 is 0 Å². The van der Waals surface area contributed by atoms with Gasteiger partial charge in [0.25, 0.3) is 0 Å². The number of rotatable bonds is 8. The third kappa shape index (κ3) is 4.91. The van der Waals surface area contributed by atoms with Crippen LogP contribution in [0.25, 0.3) is 11.3 Å². The molecule has 0 amide bonds. The molecule has 1 aromatic carbocycles. The van der Waals surface area contributed by atoms with Crippen LogP contribution < -0.4 is 4.90 Å². The molecule has 4 rings (SSSR count). The van der Waals surface area contributed by atoms with E-state index in [1.807, 2.05) is 20.2 Å². The van der Waals surface area contributed by atoms with Gasteiger partial charge in [-0.25, -0.2) is 8.78 Å². The van der Waals surface area contributed by atoms with Crippen LogP contribution in [-0.4, -0.2) is 59.0 Å². The van der Waals surface area contributed by atoms with Crippen molar-refractivity contribution in [2.75, 3.05) is 38.6 Å². The first-order valence-corrected chi connectivity index (χ1v) is 12.1. The molecule has 35 heavy (non-hydrogen) atoms. The molecule has 3 aromatic rings. The summed E-state index contributed by atoms with van der Waals surface area (Å²) < 4.78 is 34.9. The van der Waals surface area contributed by atoms with Crippen LogP contribution in [0.4, 0.5) is 14.8 Å². The maximum absolute atomic E-state index is 14.5. The molecule has 0 bridgehead atoms. The van der Waals surface area contributed by atoms with E-state index in [9.17, 15) is 8.78 Å². The van der Waals surface area contributed by atoms with Crippen LogP contribution in [0.15, 0.2) is 28.7 Å². The Morgan fingerprint density at radius 2 is 1.80 bits per heavy atom. The third-order valence-corrected chi connectivity index (χ3v) is 7.25. The minimum absolute atomic E-state index is 0.135. The molecule has 0 aliphatic heterocycles. The van der Waals surface area contributed by atoms with E-state index in [4.69, 9.17) is 4.42 Å². The summed E-state index contributed by atoms with van der Waals surface area (Å²) in [5.41, 5.74) is 1.63. The summed E-state index contributed by atoms with van der Waals surface area (Å²) in [6.45, 7) is 10.4. The molecule has 188 valence electrons. The van der Waals surface area contributed by atoms with Gasteiger partial charge in [0.1, 0.15) is 11.6 Å². The second-order valence-electron chi connectivity index (χ2n) is 10.2. The molecule has 0 fully saturated rings. The lowest BCUT2D eigenvalue weighted by Gasteiger charge is -2.45. The van der Waals surface area contributed by atoms with Crippen molar-refractivity contribution in [1.29, 1.82) is 0 Å². The predicted molar refractivity (Wildman–Crippen MR) is 131 cm³/mol. The van der Waals surface area contributed by atoms with Gasteiger partial charge in [0, 0.05) is 32.0 Å². The predicted octanol–water partition coefficient (Wildman–Crippen LogP) is 4.97. The number of hydrogen-bond donors (Lipinski definition) is 0. The number of fused-ring (bicyclic) bond motifs is 1. The number of hydrogen-bond acceptors (Lipinski definition) is 7. The molecule has 0 N–H and O–H groups in total. The van der Waals surface area contributed by atoms with E-state index in [1.165, 1.54) is 18.2 Å². The van der Waals surface area contributed by atoms with Gasteiger partial charge in [0.05, 0.1) is 17.0 Å². The van der Waals surface area contributed by atoms with Crippen molar-refractivity contribution in [1.82, 2.24) is 25.3 Å². The lowest BCUT2D eigenvalue weighted by atomic mass is 9.63. The van der Waals surface area contributed by atoms with Crippen molar-refractivity contribution in [2.45, 2.75) is 51.9 Å². The first-order valence-electron chi connectivity index (χ1n) is 12.1. The number of likely N-dealkylation sites (N-methyl/N-ethyl adjacent to an activating group) is 1. The highest BCUT2D eigenvalue weighted by molar-refractivity contribution is 5.62. The SMILES string of the molecule is Cc1nnc(N(CCN(C)C)C[C@@]2(C(C)C)CC[C@H](C)c3cc(-c4c(F)cccc4F)nnc32)o1. The van der Waals surface area contributed by atoms with Gasteiger partial charge in [0.15, 0.2) is 0 Å². The van der Waals surface area contributed by atoms with Crippen LogP contribution in [-0.2, 0) is 5.41 Å². The molecular formula is C26H34F2N6O. The Morgan fingerprint density at radius 3 is 2.40 bits per heavy atom. The number of aromatic nitrogens is 4. The first-order chi connectivity index (χ1) is 16.6. The lowest BCUT2D eigenvalue weighted by molar-refractivity contribution is 0.238. The molecule has 2 aromatic heterocycles. The average Bonchev–Trinajstić information content (AvgIpc) is 3.24. The van der Waals surface area contributed by atoms with Crippen molar-refractivity contribution < 1.29 is 13.2 Å². The van der Waals surface area contributed by atoms with Gasteiger partial charge in [-0.05, 0) is 62.5 Å². The quantitative estimate of drug-likeness (QED) is 0.447. The molecular weight excluding hydrogens is 450 g/mol. The Bertz CT molecular complexity index is 1160. The fourth-order valence-corrected chi connectivity index (χ4v) is 5.00. The third-order valence-electron chi connectivity index (χ3n) is 7.25. The van der Waals surface area contributed by atoms with Gasteiger partial charge in [-0.1, -0.05) is 31.9 Å². The van der Waals surface area contributed by atoms with E-state index in [1.54, 1.807) is 6.92 Å². The molecule has 2 atom stereocenters. The zero-order chi connectivity index (χ0) is 25.3. The van der Waals surface area contributed by atoms with Crippen molar-refractivity contribution in [3.8, 4) is 11.3 Å². The van der Waals surface area contributed by atoms with Crippen LogP contribution in [0.1, 0.15) is 56.7 Å². The first kappa shape index (κ1) is 25.2. The lowest BCUT2D eigenvalue weighted by Crippen LogP contribution is -2.49. The van der Waals surface area contributed by atoms with Gasteiger partial charge in [-0.15, -0.1) is 5.10 Å². The number of benzene rings is 1. The topological polar surface area (TPSA) is 71.2 Å². The summed E-state index contributed by atoms with van der Waals surface area (Å²) in [6, 6.07) is 6.16. The van der Waals surface area contributed by atoms with E-state index in [0.29, 0.717) is 25.0 Å². The van der Waals surface area contributed by atoms with Gasteiger partial charge >= 0.3 is 6.01 Å². The summed E-state index contributed by atoms with van der Waals surface area (Å²) in [5.74, 6) is -0.340. The largest absolute Gasteiger partial charge is 0.408 e. The summed E-state index contributed by atoms with van der Waals surface area (Å²) in [5, 5.41) is 17.3. The number of aryl methyl sites for hydroxylation is 1. The van der Waals surface area contributed by atoms with Gasteiger partial charge in [-0.2, -0.15) is 10.2 Å². The van der Waals surface area contributed by atoms with E-state index < -0.39 is 11.6 Å². The Labute approximate surface area is 205 Å². The van der Waals surface area contributed by atoms with Crippen LogP contribution >= 0.6 is 0 Å². The Morgan fingerprint density at radius 1 is 1.09 bits per heavy atom. The molecule has 0 radical (unpaired) electrons. The second-order valence-corrected chi connectivity index (χ2v) is 10.2. The highest BCUT2D eigenvalue weighted by Crippen LogP contribution is 2.47. The number of anilines is 1. The monoisotopic (exact) mass is 484 g/mol. The van der Waals surface area contributed by atoms with E-state index in [2.05, 4.69) is 51.0 Å². The highest BCUT2D eigenvalue weighted by atomic mass is 19.1. The standard InChI is InChI=1S/C26H34F2N6O/c1-16(2)26(15-34(13-12-33(5)6)25-32-29-18(4)35-25)11-10-17(3)19-14-22(30-31-24(19)26)23-20(27)8-7-9-21(23)28/h7-9,14,16-17H,10-13,15H2,1-6H3/t17-,26+/m0/s1. The zero-order valence-corrected chi connectivity index (χ0v) is 21.3. The fraction of sp³-hybridized carbons (Fsp3) is 0.538. The van der Waals surface area contributed by atoms with Crippen LogP contribution in [0.3, 0.4) is 0 Å². The summed E-state index contributed by atoms with van der Waals surface area (Å²) in [6.07, 6.45) is 1.84. The molecule has 2 heterocycles. The number of nitrogens with zero attached hydrogens (tertiary/aromatic N) is 6. The minimum Gasteiger partial charge on any atom is -0.408 e. The molecule has 0 saturated carbocycles. The van der Waals surface area contributed by atoms with Gasteiger partial charge in [0.2, 0.25) is 5.89 Å². The highest BCUT2D eigenvalue weighted by Gasteiger charge is 2.45. The van der Waals surface area contributed by atoms with Crippen LogP contribution in [0.5, 0.6) is 0 Å². The summed E-state index contributed by atoms with van der Waals surface area (Å²) >= 11 is 0. The normalized spacial score (nSPS) is 19.9. The van der Waals surface area contributed by atoms with Crippen molar-refractivity contribution >= 4 is 6.01 Å². The van der Waals surface area contributed by atoms with Crippen molar-refractivity contribution in [3.05, 3.63) is 53.0 Å². The average molecular weight is 485 g/mol. The molecule has 0 saturated heterocycles. The van der Waals surface area contributed by atoms with Crippen molar-refractivity contribution in [2.24, 2.45) is 5.92 Å². The zero-order valence-electron chi connectivity index (χ0n) is 21.3. The Balaban J connectivity index is 1.79. The summed E-state index contributed by atoms with van der Waals surface area (Å²) in [7, 11) is 4.06. The molecule has 1 aliphatic rings. The smallest absolute Gasteiger partial charge is 0.318 e. The van der Waals surface area contributed by atoms with Gasteiger partial charge < -0.3 is 14.2 Å². The van der Waals surface area contributed by atoms with Crippen LogP contribution in [0.2, 0.25) is 0 Å². The van der Waals surface area contributed by atoms with Crippen molar-refractivity contribution in [3.63, 3.8) is 0 Å². The summed E-state index contributed by atoms with van der Waals surface area (Å²) in [4.78, 5) is 4.25. The minimum atomic E-state index is -0.639. The number of halogens is 2.